The number of nitrogens with one attached hydrogen (secondary N) is 1. The molecular weight excluding hydrogens is 336 g/mol. The zero-order chi connectivity index (χ0) is 18.8. The molecule has 2 amide bonds. The van der Waals surface area contributed by atoms with E-state index in [1.165, 1.54) is 9.58 Å². The van der Waals surface area contributed by atoms with Crippen molar-refractivity contribution < 1.29 is 19.4 Å². The zero-order valence-electron chi connectivity index (χ0n) is 15.0. The summed E-state index contributed by atoms with van der Waals surface area (Å²) in [7, 11) is 3.37. The topological polar surface area (TPSA) is 96.7 Å². The van der Waals surface area contributed by atoms with Gasteiger partial charge < -0.3 is 20.1 Å². The molecule has 2 N–H and O–H groups in total. The summed E-state index contributed by atoms with van der Waals surface area (Å²) in [6, 6.07) is 8.15. The molecule has 1 aromatic heterocycles. The first-order chi connectivity index (χ1) is 12.4. The highest BCUT2D eigenvalue weighted by atomic mass is 16.5. The molecule has 138 valence electrons. The van der Waals surface area contributed by atoms with E-state index < -0.39 is 12.1 Å². The number of carbonyl (C=O) groups excluding carboxylic acids is 2. The molecule has 1 aromatic carbocycles. The van der Waals surface area contributed by atoms with E-state index in [1.807, 2.05) is 6.92 Å². The molecule has 0 saturated carbocycles. The maximum Gasteiger partial charge on any atom is 0.273 e. The van der Waals surface area contributed by atoms with Gasteiger partial charge in [-0.05, 0) is 30.7 Å². The average Bonchev–Trinajstić information content (AvgIpc) is 2.96. The molecule has 2 aromatic rings. The van der Waals surface area contributed by atoms with Gasteiger partial charge in [0.2, 0.25) is 5.91 Å². The van der Waals surface area contributed by atoms with Crippen LogP contribution in [0.25, 0.3) is 0 Å². The van der Waals surface area contributed by atoms with Gasteiger partial charge in [-0.2, -0.15) is 5.10 Å². The van der Waals surface area contributed by atoms with E-state index in [-0.39, 0.29) is 25.0 Å². The molecule has 2 atom stereocenters. The molecule has 8 nitrogen and oxygen atoms in total. The summed E-state index contributed by atoms with van der Waals surface area (Å²) in [5, 5.41) is 17.5. The van der Waals surface area contributed by atoms with Gasteiger partial charge in [0, 0.05) is 19.8 Å². The van der Waals surface area contributed by atoms with Gasteiger partial charge in [0.15, 0.2) is 0 Å². The molecule has 0 bridgehead atoms. The molecule has 0 unspecified atom stereocenters. The van der Waals surface area contributed by atoms with Gasteiger partial charge in [0.25, 0.3) is 5.91 Å². The van der Waals surface area contributed by atoms with E-state index >= 15 is 0 Å². The summed E-state index contributed by atoms with van der Waals surface area (Å²) < 4.78 is 6.76. The van der Waals surface area contributed by atoms with E-state index in [9.17, 15) is 14.7 Å². The number of hydrogen-bond acceptors (Lipinski definition) is 5. The molecule has 8 heteroatoms. The summed E-state index contributed by atoms with van der Waals surface area (Å²) in [4.78, 5) is 25.5. The lowest BCUT2D eigenvalue weighted by molar-refractivity contribution is -0.151. The van der Waals surface area contributed by atoms with Crippen molar-refractivity contribution >= 4 is 17.5 Å². The predicted molar refractivity (Wildman–Crippen MR) is 94.7 cm³/mol. The highest BCUT2D eigenvalue weighted by Crippen LogP contribution is 2.24. The number of likely N-dealkylation sites (N-methyl/N-ethyl adjacent to an activating group) is 1. The Morgan fingerprint density at radius 3 is 2.65 bits per heavy atom. The first kappa shape index (κ1) is 18.1. The van der Waals surface area contributed by atoms with Crippen molar-refractivity contribution in [1.82, 2.24) is 14.7 Å². The normalized spacial score (nSPS) is 18.7. The lowest BCUT2D eigenvalue weighted by atomic mass is 10.0. The van der Waals surface area contributed by atoms with Gasteiger partial charge in [-0.25, -0.2) is 0 Å². The number of aliphatic hydroxyl groups is 1. The van der Waals surface area contributed by atoms with Crippen LogP contribution < -0.4 is 5.32 Å². The van der Waals surface area contributed by atoms with Crippen LogP contribution in [0.2, 0.25) is 0 Å². The molecule has 26 heavy (non-hydrogen) atoms. The fraction of sp³-hybridized carbons (Fsp3) is 0.389. The summed E-state index contributed by atoms with van der Waals surface area (Å²) in [6.45, 7) is 2.14. The molecule has 0 spiro atoms. The second-order valence-electron chi connectivity index (χ2n) is 6.40. The fourth-order valence-electron chi connectivity index (χ4n) is 2.97. The summed E-state index contributed by atoms with van der Waals surface area (Å²) in [5.41, 5.74) is 2.49. The number of ether oxygens (including phenoxy) is 1. The number of aromatic nitrogens is 2. The minimum atomic E-state index is -0.867. The smallest absolute Gasteiger partial charge is 0.273 e. The molecule has 1 fully saturated rings. The van der Waals surface area contributed by atoms with Crippen LogP contribution in [0.5, 0.6) is 0 Å². The Labute approximate surface area is 151 Å². The largest absolute Gasteiger partial charge is 0.386 e. The van der Waals surface area contributed by atoms with Crippen LogP contribution in [0.1, 0.15) is 27.8 Å². The minimum absolute atomic E-state index is 0.0399. The van der Waals surface area contributed by atoms with Crippen LogP contribution >= 0.6 is 0 Å². The molecule has 2 heterocycles. The summed E-state index contributed by atoms with van der Waals surface area (Å²) >= 11 is 0. The number of anilines is 1. The summed E-state index contributed by atoms with van der Waals surface area (Å²) in [6.07, 6.45) is -0.867. The first-order valence-corrected chi connectivity index (χ1v) is 8.30. The van der Waals surface area contributed by atoms with Crippen molar-refractivity contribution in [3.05, 3.63) is 47.3 Å². The fourth-order valence-corrected chi connectivity index (χ4v) is 2.97. The zero-order valence-corrected chi connectivity index (χ0v) is 15.0. The van der Waals surface area contributed by atoms with E-state index in [1.54, 1.807) is 44.4 Å². The van der Waals surface area contributed by atoms with Gasteiger partial charge >= 0.3 is 0 Å². The molecule has 0 aliphatic carbocycles. The van der Waals surface area contributed by atoms with Crippen molar-refractivity contribution in [3.63, 3.8) is 0 Å². The Balaban J connectivity index is 1.69. The summed E-state index contributed by atoms with van der Waals surface area (Å²) in [5.74, 6) is -0.414. The number of aryl methyl sites for hydroxylation is 2. The van der Waals surface area contributed by atoms with Crippen molar-refractivity contribution in [2.75, 3.05) is 25.6 Å². The standard InChI is InChI=1S/C18H22N4O4/c1-11-8-14(22(3)20-11)18(25)19-13-6-4-12(5-7-13)17(24)15-9-26-10-16(23)21(15)2/h4-8,15,17,24H,9-10H2,1-3H3,(H,19,25)/t15-,17-/m1/s1. The van der Waals surface area contributed by atoms with Crippen LogP contribution in [-0.2, 0) is 16.6 Å². The van der Waals surface area contributed by atoms with Crippen molar-refractivity contribution in [3.8, 4) is 0 Å². The second-order valence-corrected chi connectivity index (χ2v) is 6.40. The Morgan fingerprint density at radius 1 is 1.35 bits per heavy atom. The average molecular weight is 358 g/mol. The Morgan fingerprint density at radius 2 is 2.04 bits per heavy atom. The molecule has 3 rings (SSSR count). The quantitative estimate of drug-likeness (QED) is 0.845. The van der Waals surface area contributed by atoms with E-state index in [4.69, 9.17) is 4.74 Å². The Bertz CT molecular complexity index is 815. The van der Waals surface area contributed by atoms with Gasteiger partial charge in [0.05, 0.1) is 18.3 Å². The predicted octanol–water partition coefficient (Wildman–Crippen LogP) is 0.871. The SMILES string of the molecule is Cc1cc(C(=O)Nc2ccc([C@@H](O)[C@H]3COCC(=O)N3C)cc2)n(C)n1. The minimum Gasteiger partial charge on any atom is -0.386 e. The third-order valence-corrected chi connectivity index (χ3v) is 4.51. The number of rotatable bonds is 4. The van der Waals surface area contributed by atoms with Crippen molar-refractivity contribution in [1.29, 1.82) is 0 Å². The third kappa shape index (κ3) is 3.61. The van der Waals surface area contributed by atoms with Crippen LogP contribution in [0.4, 0.5) is 5.69 Å². The van der Waals surface area contributed by atoms with Gasteiger partial charge in [0.1, 0.15) is 18.4 Å². The molecule has 1 aliphatic heterocycles. The number of benzene rings is 1. The molecular formula is C18H22N4O4. The lowest BCUT2D eigenvalue weighted by Gasteiger charge is -2.35. The van der Waals surface area contributed by atoms with Crippen LogP contribution in [0, 0.1) is 6.92 Å². The Kier molecular flexibility index (Phi) is 5.06. The van der Waals surface area contributed by atoms with Gasteiger partial charge in [-0.15, -0.1) is 0 Å². The number of hydrogen-bond donors (Lipinski definition) is 2. The maximum atomic E-state index is 12.3. The number of morpholine rings is 1. The van der Waals surface area contributed by atoms with Gasteiger partial charge in [-0.3, -0.25) is 14.3 Å². The third-order valence-electron chi connectivity index (χ3n) is 4.51. The second kappa shape index (κ2) is 7.27. The van der Waals surface area contributed by atoms with E-state index in [0.717, 1.165) is 5.69 Å². The van der Waals surface area contributed by atoms with Crippen molar-refractivity contribution in [2.24, 2.45) is 7.05 Å². The van der Waals surface area contributed by atoms with Crippen LogP contribution in [0.15, 0.2) is 30.3 Å². The number of aliphatic hydroxyl groups excluding tert-OH is 1. The Hall–Kier alpha value is -2.71. The number of carbonyl (C=O) groups is 2. The lowest BCUT2D eigenvalue weighted by Crippen LogP contribution is -2.49. The number of amides is 2. The maximum absolute atomic E-state index is 12.3. The highest BCUT2D eigenvalue weighted by Gasteiger charge is 2.32. The van der Waals surface area contributed by atoms with E-state index in [2.05, 4.69) is 10.4 Å². The molecule has 0 radical (unpaired) electrons. The highest BCUT2D eigenvalue weighted by molar-refractivity contribution is 6.03. The van der Waals surface area contributed by atoms with E-state index in [0.29, 0.717) is 16.9 Å². The molecule has 1 saturated heterocycles. The van der Waals surface area contributed by atoms with Crippen LogP contribution in [-0.4, -0.2) is 57.9 Å². The first-order valence-electron chi connectivity index (χ1n) is 8.30. The molecule has 1 aliphatic rings. The van der Waals surface area contributed by atoms with Gasteiger partial charge in [-0.1, -0.05) is 12.1 Å². The number of nitrogens with zero attached hydrogens (tertiary/aromatic N) is 3. The monoisotopic (exact) mass is 358 g/mol. The van der Waals surface area contributed by atoms with Crippen molar-refractivity contribution in [2.45, 2.75) is 19.1 Å². The van der Waals surface area contributed by atoms with Crippen LogP contribution in [0.3, 0.4) is 0 Å².